The molecule has 1 heterocycles. The van der Waals surface area contributed by atoms with Crippen molar-refractivity contribution in [3.05, 3.63) is 42.2 Å². The number of rotatable bonds is 7. The van der Waals surface area contributed by atoms with E-state index >= 15 is 0 Å². The van der Waals surface area contributed by atoms with Crippen molar-refractivity contribution in [2.75, 3.05) is 19.0 Å². The predicted molar refractivity (Wildman–Crippen MR) is 79.9 cm³/mol. The molecular weight excluding hydrogens is 292 g/mol. The van der Waals surface area contributed by atoms with Crippen LogP contribution in [-0.4, -0.2) is 22.1 Å². The highest BCUT2D eigenvalue weighted by molar-refractivity contribution is 7.89. The molecule has 0 spiro atoms. The summed E-state index contributed by atoms with van der Waals surface area (Å²) in [5.74, 6) is 1.27. The van der Waals surface area contributed by atoms with Crippen LogP contribution in [0.15, 0.2) is 45.9 Å². The Morgan fingerprint density at radius 2 is 1.95 bits per heavy atom. The number of benzene rings is 1. The molecule has 0 saturated heterocycles. The number of nitrogens with one attached hydrogen (secondary N) is 2. The van der Waals surface area contributed by atoms with E-state index in [1.54, 1.807) is 6.07 Å². The first kappa shape index (κ1) is 15.4. The number of furan rings is 1. The molecule has 2 N–H and O–H groups in total. The molecule has 2 aromatic rings. The summed E-state index contributed by atoms with van der Waals surface area (Å²) in [7, 11) is -2.20. The van der Waals surface area contributed by atoms with Crippen molar-refractivity contribution < 1.29 is 17.6 Å². The van der Waals surface area contributed by atoms with Crippen molar-refractivity contribution in [3.63, 3.8) is 0 Å². The first-order valence-corrected chi connectivity index (χ1v) is 8.03. The quantitative estimate of drug-likeness (QED) is 0.819. The van der Waals surface area contributed by atoms with E-state index in [4.69, 9.17) is 9.15 Å². The second kappa shape index (κ2) is 6.64. The first-order valence-electron chi connectivity index (χ1n) is 6.54. The van der Waals surface area contributed by atoms with Gasteiger partial charge in [-0.2, -0.15) is 0 Å². The summed E-state index contributed by atoms with van der Waals surface area (Å²) in [5.41, 5.74) is 0.828. The normalized spacial score (nSPS) is 11.3. The van der Waals surface area contributed by atoms with Gasteiger partial charge in [-0.05, 0) is 38.2 Å². The standard InChI is InChI=1S/C14H18N2O4S/c1-3-19-13-7-5-4-6-12(13)16-10-11-8-9-14(20-11)21(17,18)15-2/h4-9,15-16H,3,10H2,1-2H3. The van der Waals surface area contributed by atoms with Crippen molar-refractivity contribution in [2.24, 2.45) is 0 Å². The maximum absolute atomic E-state index is 11.6. The van der Waals surface area contributed by atoms with Crippen LogP contribution in [0.25, 0.3) is 0 Å². The molecule has 0 fully saturated rings. The summed E-state index contributed by atoms with van der Waals surface area (Å²) in [5, 5.41) is 3.07. The Morgan fingerprint density at radius 3 is 2.67 bits per heavy atom. The average Bonchev–Trinajstić information content (AvgIpc) is 2.96. The van der Waals surface area contributed by atoms with Crippen LogP contribution in [0.1, 0.15) is 12.7 Å². The fourth-order valence-corrected chi connectivity index (χ4v) is 2.44. The van der Waals surface area contributed by atoms with Gasteiger partial charge in [-0.15, -0.1) is 0 Å². The van der Waals surface area contributed by atoms with Crippen molar-refractivity contribution >= 4 is 15.7 Å². The molecule has 0 radical (unpaired) electrons. The first-order chi connectivity index (χ1) is 10.1. The minimum Gasteiger partial charge on any atom is -0.492 e. The molecule has 0 amide bonds. The summed E-state index contributed by atoms with van der Waals surface area (Å²) in [6.07, 6.45) is 0. The summed E-state index contributed by atoms with van der Waals surface area (Å²) >= 11 is 0. The van der Waals surface area contributed by atoms with Crippen LogP contribution >= 0.6 is 0 Å². The Kier molecular flexibility index (Phi) is 4.87. The van der Waals surface area contributed by atoms with Gasteiger partial charge in [0.2, 0.25) is 5.09 Å². The van der Waals surface area contributed by atoms with Gasteiger partial charge >= 0.3 is 0 Å². The molecule has 0 bridgehead atoms. The van der Waals surface area contributed by atoms with Gasteiger partial charge in [0.25, 0.3) is 10.0 Å². The lowest BCUT2D eigenvalue weighted by atomic mass is 10.3. The van der Waals surface area contributed by atoms with Crippen LogP contribution in [0.3, 0.4) is 0 Å². The van der Waals surface area contributed by atoms with Gasteiger partial charge < -0.3 is 14.5 Å². The van der Waals surface area contributed by atoms with E-state index in [1.165, 1.54) is 13.1 Å². The number of para-hydroxylation sites is 2. The summed E-state index contributed by atoms with van der Waals surface area (Å²) in [6.45, 7) is 2.85. The van der Waals surface area contributed by atoms with Gasteiger partial charge in [-0.25, -0.2) is 13.1 Å². The van der Waals surface area contributed by atoms with E-state index in [9.17, 15) is 8.42 Å². The number of anilines is 1. The zero-order chi connectivity index (χ0) is 15.3. The minimum atomic E-state index is -3.55. The SMILES string of the molecule is CCOc1ccccc1NCc1ccc(S(=O)(=O)NC)o1. The lowest BCUT2D eigenvalue weighted by Crippen LogP contribution is -2.17. The third kappa shape index (κ3) is 3.77. The average molecular weight is 310 g/mol. The molecule has 7 heteroatoms. The van der Waals surface area contributed by atoms with E-state index in [-0.39, 0.29) is 5.09 Å². The molecule has 0 aliphatic carbocycles. The maximum Gasteiger partial charge on any atom is 0.273 e. The Bertz CT molecular complexity index is 695. The molecule has 0 atom stereocenters. The molecule has 1 aromatic carbocycles. The molecule has 0 aliphatic heterocycles. The highest BCUT2D eigenvalue weighted by Gasteiger charge is 2.16. The van der Waals surface area contributed by atoms with Crippen LogP contribution in [-0.2, 0) is 16.6 Å². The van der Waals surface area contributed by atoms with Gasteiger partial charge in [0, 0.05) is 0 Å². The number of hydrogen-bond donors (Lipinski definition) is 2. The van der Waals surface area contributed by atoms with E-state index in [1.807, 2.05) is 31.2 Å². The monoisotopic (exact) mass is 310 g/mol. The molecular formula is C14H18N2O4S. The fraction of sp³-hybridized carbons (Fsp3) is 0.286. The van der Waals surface area contributed by atoms with Gasteiger partial charge in [-0.1, -0.05) is 12.1 Å². The smallest absolute Gasteiger partial charge is 0.273 e. The molecule has 1 aromatic heterocycles. The summed E-state index contributed by atoms with van der Waals surface area (Å²) in [6, 6.07) is 10.6. The van der Waals surface area contributed by atoms with Gasteiger partial charge in [-0.3, -0.25) is 0 Å². The van der Waals surface area contributed by atoms with E-state index in [0.29, 0.717) is 18.9 Å². The molecule has 0 unspecified atom stereocenters. The Labute approximate surface area is 124 Å². The minimum absolute atomic E-state index is 0.0973. The molecule has 6 nitrogen and oxygen atoms in total. The van der Waals surface area contributed by atoms with Crippen molar-refractivity contribution in [3.8, 4) is 5.75 Å². The molecule has 2 rings (SSSR count). The van der Waals surface area contributed by atoms with Crippen LogP contribution in [0.2, 0.25) is 0 Å². The zero-order valence-corrected chi connectivity index (χ0v) is 12.7. The van der Waals surface area contributed by atoms with E-state index in [2.05, 4.69) is 10.0 Å². The largest absolute Gasteiger partial charge is 0.492 e. The Balaban J connectivity index is 2.07. The van der Waals surface area contributed by atoms with Crippen LogP contribution in [0.4, 0.5) is 5.69 Å². The van der Waals surface area contributed by atoms with Gasteiger partial charge in [0.05, 0.1) is 18.8 Å². The lowest BCUT2D eigenvalue weighted by Gasteiger charge is -2.11. The summed E-state index contributed by atoms with van der Waals surface area (Å²) in [4.78, 5) is 0. The topological polar surface area (TPSA) is 80.6 Å². The van der Waals surface area contributed by atoms with Gasteiger partial charge in [0.1, 0.15) is 11.5 Å². The number of hydrogen-bond acceptors (Lipinski definition) is 5. The third-order valence-corrected chi connectivity index (χ3v) is 4.10. The van der Waals surface area contributed by atoms with Crippen molar-refractivity contribution in [1.29, 1.82) is 0 Å². The van der Waals surface area contributed by atoms with Crippen molar-refractivity contribution in [2.45, 2.75) is 18.6 Å². The van der Waals surface area contributed by atoms with Crippen LogP contribution in [0.5, 0.6) is 5.75 Å². The molecule has 0 saturated carbocycles. The van der Waals surface area contributed by atoms with Crippen LogP contribution in [0, 0.1) is 0 Å². The number of sulfonamides is 1. The van der Waals surface area contributed by atoms with Gasteiger partial charge in [0.15, 0.2) is 0 Å². The van der Waals surface area contributed by atoms with E-state index in [0.717, 1.165) is 11.4 Å². The molecule has 114 valence electrons. The predicted octanol–water partition coefficient (Wildman–Crippen LogP) is 2.20. The molecule has 21 heavy (non-hydrogen) atoms. The van der Waals surface area contributed by atoms with E-state index < -0.39 is 10.0 Å². The van der Waals surface area contributed by atoms with Crippen molar-refractivity contribution in [1.82, 2.24) is 4.72 Å². The fourth-order valence-electron chi connectivity index (χ4n) is 1.77. The second-order valence-electron chi connectivity index (χ2n) is 4.21. The third-order valence-electron chi connectivity index (χ3n) is 2.81. The summed E-state index contributed by atoms with van der Waals surface area (Å²) < 4.78 is 36.2. The number of ether oxygens (including phenoxy) is 1. The Hall–Kier alpha value is -1.99. The maximum atomic E-state index is 11.6. The highest BCUT2D eigenvalue weighted by atomic mass is 32.2. The lowest BCUT2D eigenvalue weighted by molar-refractivity contribution is 0.341. The second-order valence-corrected chi connectivity index (χ2v) is 6.03. The molecule has 0 aliphatic rings. The van der Waals surface area contributed by atoms with Crippen LogP contribution < -0.4 is 14.8 Å². The Morgan fingerprint density at radius 1 is 1.19 bits per heavy atom. The highest BCUT2D eigenvalue weighted by Crippen LogP contribution is 2.24. The zero-order valence-electron chi connectivity index (χ0n) is 11.9.